The van der Waals surface area contributed by atoms with Crippen LogP contribution in [-0.4, -0.2) is 30.0 Å². The van der Waals surface area contributed by atoms with Gasteiger partial charge in [-0.2, -0.15) is 0 Å². The molecule has 0 saturated heterocycles. The van der Waals surface area contributed by atoms with Crippen molar-refractivity contribution < 1.29 is 24.3 Å². The molecule has 1 aliphatic rings. The summed E-state index contributed by atoms with van der Waals surface area (Å²) in [5.74, 6) is -1.16. The number of esters is 1. The SMILES string of the molecule is COC(=O)C1(CCCCC(=O)NO)CCc2c(C)cc(C)cc2C1=O. The van der Waals surface area contributed by atoms with Crippen LogP contribution in [0.5, 0.6) is 0 Å². The van der Waals surface area contributed by atoms with Crippen molar-refractivity contribution >= 4 is 17.7 Å². The van der Waals surface area contributed by atoms with Crippen LogP contribution < -0.4 is 5.48 Å². The van der Waals surface area contributed by atoms with E-state index >= 15 is 0 Å². The van der Waals surface area contributed by atoms with Crippen LogP contribution >= 0.6 is 0 Å². The fourth-order valence-corrected chi connectivity index (χ4v) is 3.74. The van der Waals surface area contributed by atoms with Crippen LogP contribution in [0.3, 0.4) is 0 Å². The fraction of sp³-hybridized carbons (Fsp3) is 0.526. The van der Waals surface area contributed by atoms with Crippen molar-refractivity contribution in [2.75, 3.05) is 7.11 Å². The number of aryl methyl sites for hydroxylation is 2. The van der Waals surface area contributed by atoms with Crippen molar-refractivity contribution in [3.05, 3.63) is 34.4 Å². The van der Waals surface area contributed by atoms with Gasteiger partial charge in [0.1, 0.15) is 5.41 Å². The molecule has 1 aromatic rings. The average molecular weight is 347 g/mol. The van der Waals surface area contributed by atoms with Crippen LogP contribution in [0.2, 0.25) is 0 Å². The number of benzene rings is 1. The average Bonchev–Trinajstić information content (AvgIpc) is 2.60. The number of rotatable bonds is 6. The second-order valence-corrected chi connectivity index (χ2v) is 6.75. The van der Waals surface area contributed by atoms with Gasteiger partial charge in [0.15, 0.2) is 5.78 Å². The monoisotopic (exact) mass is 347 g/mol. The summed E-state index contributed by atoms with van der Waals surface area (Å²) in [6.07, 6.45) is 2.56. The molecule has 25 heavy (non-hydrogen) atoms. The Bertz CT molecular complexity index is 697. The van der Waals surface area contributed by atoms with Crippen LogP contribution in [0.4, 0.5) is 0 Å². The van der Waals surface area contributed by atoms with Crippen LogP contribution in [0.1, 0.15) is 59.2 Å². The lowest BCUT2D eigenvalue weighted by Gasteiger charge is -2.35. The van der Waals surface area contributed by atoms with Gasteiger partial charge in [0.2, 0.25) is 5.91 Å². The third-order valence-electron chi connectivity index (χ3n) is 5.06. The predicted octanol–water partition coefficient (Wildman–Crippen LogP) is 2.66. The Morgan fingerprint density at radius 1 is 1.28 bits per heavy atom. The number of hydroxylamine groups is 1. The number of hydrogen-bond donors (Lipinski definition) is 2. The highest BCUT2D eigenvalue weighted by atomic mass is 16.5. The molecule has 0 spiro atoms. The molecule has 1 aliphatic carbocycles. The number of ether oxygens (including phenoxy) is 1. The Balaban J connectivity index is 2.27. The van der Waals surface area contributed by atoms with E-state index in [4.69, 9.17) is 9.94 Å². The molecule has 6 nitrogen and oxygen atoms in total. The number of fused-ring (bicyclic) bond motifs is 1. The topological polar surface area (TPSA) is 92.7 Å². The standard InChI is InChI=1S/C19H25NO5/c1-12-10-13(2)14-7-9-19(18(23)25-3,17(22)15(14)11-12)8-5-4-6-16(21)20-24/h10-11,24H,4-9H2,1-3H3,(H,20,21). The molecule has 1 amide bonds. The van der Waals surface area contributed by atoms with Crippen LogP contribution in [0, 0.1) is 19.3 Å². The molecular formula is C19H25NO5. The van der Waals surface area contributed by atoms with Gasteiger partial charge in [0, 0.05) is 12.0 Å². The Kier molecular flexibility index (Phi) is 5.95. The van der Waals surface area contributed by atoms with Gasteiger partial charge in [-0.3, -0.25) is 19.6 Å². The number of unbranched alkanes of at least 4 members (excludes halogenated alkanes) is 1. The lowest BCUT2D eigenvalue weighted by molar-refractivity contribution is -0.150. The van der Waals surface area contributed by atoms with Gasteiger partial charge >= 0.3 is 5.97 Å². The van der Waals surface area contributed by atoms with E-state index in [-0.39, 0.29) is 12.2 Å². The summed E-state index contributed by atoms with van der Waals surface area (Å²) < 4.78 is 4.96. The Labute approximate surface area is 147 Å². The van der Waals surface area contributed by atoms with Gasteiger partial charge in [-0.1, -0.05) is 18.1 Å². The van der Waals surface area contributed by atoms with Gasteiger partial charge in [-0.15, -0.1) is 0 Å². The Morgan fingerprint density at radius 2 is 2.00 bits per heavy atom. The fourth-order valence-electron chi connectivity index (χ4n) is 3.74. The predicted molar refractivity (Wildman–Crippen MR) is 91.4 cm³/mol. The molecular weight excluding hydrogens is 322 g/mol. The Hall–Kier alpha value is -2.21. The molecule has 0 radical (unpaired) electrons. The summed E-state index contributed by atoms with van der Waals surface area (Å²) in [6.45, 7) is 3.92. The molecule has 1 aromatic carbocycles. The molecule has 1 unspecified atom stereocenters. The molecule has 136 valence electrons. The number of Topliss-reactive ketones (excluding diaryl/α,β-unsaturated/α-hetero) is 1. The second-order valence-electron chi connectivity index (χ2n) is 6.75. The van der Waals surface area contributed by atoms with Gasteiger partial charge in [0.25, 0.3) is 0 Å². The number of amides is 1. The molecule has 0 fully saturated rings. The second kappa shape index (κ2) is 7.78. The molecule has 0 aliphatic heterocycles. The number of carbonyl (C=O) groups excluding carboxylic acids is 3. The highest BCUT2D eigenvalue weighted by Gasteiger charge is 2.49. The maximum atomic E-state index is 13.2. The minimum absolute atomic E-state index is 0.150. The zero-order valence-electron chi connectivity index (χ0n) is 15.0. The lowest BCUT2D eigenvalue weighted by Crippen LogP contribution is -2.44. The van der Waals surface area contributed by atoms with Crippen LogP contribution in [-0.2, 0) is 20.7 Å². The summed E-state index contributed by atoms with van der Waals surface area (Å²) in [4.78, 5) is 36.8. The van der Waals surface area contributed by atoms with Crippen molar-refractivity contribution in [3.8, 4) is 0 Å². The first-order chi connectivity index (χ1) is 11.9. The molecule has 1 atom stereocenters. The van der Waals surface area contributed by atoms with E-state index in [1.165, 1.54) is 7.11 Å². The normalized spacial score (nSPS) is 19.3. The minimum Gasteiger partial charge on any atom is -0.468 e. The summed E-state index contributed by atoms with van der Waals surface area (Å²) in [5.41, 5.74) is 4.08. The van der Waals surface area contributed by atoms with Gasteiger partial charge < -0.3 is 4.74 Å². The first-order valence-electron chi connectivity index (χ1n) is 8.52. The number of nitrogens with one attached hydrogen (secondary N) is 1. The van der Waals surface area contributed by atoms with Gasteiger partial charge in [0.05, 0.1) is 7.11 Å². The Morgan fingerprint density at radius 3 is 2.64 bits per heavy atom. The summed E-state index contributed by atoms with van der Waals surface area (Å²) in [7, 11) is 1.30. The van der Waals surface area contributed by atoms with E-state index in [2.05, 4.69) is 0 Å². The lowest BCUT2D eigenvalue weighted by atomic mass is 9.67. The number of hydrogen-bond acceptors (Lipinski definition) is 5. The van der Waals surface area contributed by atoms with Crippen molar-refractivity contribution in [1.82, 2.24) is 5.48 Å². The number of methoxy groups -OCH3 is 1. The van der Waals surface area contributed by atoms with Crippen LogP contribution in [0.25, 0.3) is 0 Å². The van der Waals surface area contributed by atoms with Gasteiger partial charge in [-0.05, 0) is 56.7 Å². The maximum Gasteiger partial charge on any atom is 0.319 e. The molecule has 2 rings (SSSR count). The van der Waals surface area contributed by atoms with E-state index in [0.717, 1.165) is 16.7 Å². The van der Waals surface area contributed by atoms with E-state index in [0.29, 0.717) is 37.7 Å². The summed E-state index contributed by atoms with van der Waals surface area (Å²) >= 11 is 0. The minimum atomic E-state index is -1.18. The largest absolute Gasteiger partial charge is 0.468 e. The zero-order chi connectivity index (χ0) is 18.6. The highest BCUT2D eigenvalue weighted by Crippen LogP contribution is 2.42. The third-order valence-corrected chi connectivity index (χ3v) is 5.06. The first kappa shape index (κ1) is 19.1. The molecule has 0 saturated carbocycles. The van der Waals surface area contributed by atoms with E-state index in [9.17, 15) is 14.4 Å². The van der Waals surface area contributed by atoms with Crippen LogP contribution in [0.15, 0.2) is 12.1 Å². The summed E-state index contributed by atoms with van der Waals surface area (Å²) in [5, 5.41) is 8.54. The zero-order valence-corrected chi connectivity index (χ0v) is 15.0. The van der Waals surface area contributed by atoms with Crippen molar-refractivity contribution in [2.45, 2.75) is 52.4 Å². The van der Waals surface area contributed by atoms with Crippen molar-refractivity contribution in [1.29, 1.82) is 0 Å². The first-order valence-corrected chi connectivity index (χ1v) is 8.52. The van der Waals surface area contributed by atoms with Gasteiger partial charge in [-0.25, -0.2) is 5.48 Å². The van der Waals surface area contributed by atoms with Crippen molar-refractivity contribution in [3.63, 3.8) is 0 Å². The number of ketones is 1. The summed E-state index contributed by atoms with van der Waals surface area (Å²) in [6, 6.07) is 3.89. The van der Waals surface area contributed by atoms with Crippen molar-refractivity contribution in [2.24, 2.45) is 5.41 Å². The number of carbonyl (C=O) groups is 3. The molecule has 0 aromatic heterocycles. The molecule has 6 heteroatoms. The van der Waals surface area contributed by atoms with E-state index < -0.39 is 17.3 Å². The third kappa shape index (κ3) is 3.74. The highest BCUT2D eigenvalue weighted by molar-refractivity contribution is 6.14. The molecule has 0 heterocycles. The van der Waals surface area contributed by atoms with E-state index in [1.807, 2.05) is 26.0 Å². The maximum absolute atomic E-state index is 13.2. The smallest absolute Gasteiger partial charge is 0.319 e. The molecule has 2 N–H and O–H groups in total. The quantitative estimate of drug-likeness (QED) is 0.271. The molecule has 0 bridgehead atoms. The van der Waals surface area contributed by atoms with E-state index in [1.54, 1.807) is 5.48 Å².